The standard InChI is InChI=1S/C21H13NOS/c1-11-22-19-17-13-7-3-2-6-12(13)10-15(17)20-18(21(19)24-11)14-8-4-5-9-16(14)23-20/h2-9H,10H2,1H3. The van der Waals surface area contributed by atoms with Crippen molar-refractivity contribution < 1.29 is 4.42 Å². The molecule has 2 nitrogen and oxygen atoms in total. The van der Waals surface area contributed by atoms with Crippen molar-refractivity contribution in [3.8, 4) is 11.1 Å². The molecular formula is C21H13NOS. The molecule has 0 unspecified atom stereocenters. The molecule has 0 aliphatic heterocycles. The summed E-state index contributed by atoms with van der Waals surface area (Å²) in [6.07, 6.45) is 0.925. The molecule has 1 aliphatic carbocycles. The zero-order chi connectivity index (χ0) is 15.8. The van der Waals surface area contributed by atoms with Crippen LogP contribution in [0.2, 0.25) is 0 Å². The van der Waals surface area contributed by atoms with Crippen molar-refractivity contribution in [2.24, 2.45) is 0 Å². The average molecular weight is 327 g/mol. The minimum absolute atomic E-state index is 0.925. The van der Waals surface area contributed by atoms with Crippen molar-refractivity contribution in [1.29, 1.82) is 0 Å². The van der Waals surface area contributed by atoms with Gasteiger partial charge in [0.2, 0.25) is 0 Å². The molecule has 24 heavy (non-hydrogen) atoms. The highest BCUT2D eigenvalue weighted by Crippen LogP contribution is 2.49. The van der Waals surface area contributed by atoms with E-state index >= 15 is 0 Å². The number of hydrogen-bond acceptors (Lipinski definition) is 3. The predicted molar refractivity (Wildman–Crippen MR) is 99.9 cm³/mol. The van der Waals surface area contributed by atoms with Crippen molar-refractivity contribution in [3.05, 3.63) is 64.7 Å². The largest absolute Gasteiger partial charge is 0.456 e. The van der Waals surface area contributed by atoms with E-state index in [4.69, 9.17) is 9.40 Å². The van der Waals surface area contributed by atoms with E-state index < -0.39 is 0 Å². The first kappa shape index (κ1) is 12.7. The molecule has 0 atom stereocenters. The van der Waals surface area contributed by atoms with E-state index in [1.807, 2.05) is 6.07 Å². The number of nitrogens with zero attached hydrogens (tertiary/aromatic N) is 1. The number of furan rings is 1. The third-order valence-corrected chi connectivity index (χ3v) is 6.01. The highest BCUT2D eigenvalue weighted by molar-refractivity contribution is 7.19. The van der Waals surface area contributed by atoms with Gasteiger partial charge in [-0.05, 0) is 24.1 Å². The summed E-state index contributed by atoms with van der Waals surface area (Å²) in [5, 5.41) is 3.53. The molecule has 0 amide bonds. The Morgan fingerprint density at radius 3 is 2.83 bits per heavy atom. The van der Waals surface area contributed by atoms with Crippen molar-refractivity contribution in [2.75, 3.05) is 0 Å². The SMILES string of the molecule is Cc1nc2c3c(c4oc5ccccc5c4c2s1)Cc1ccccc1-3. The minimum Gasteiger partial charge on any atom is -0.456 e. The highest BCUT2D eigenvalue weighted by atomic mass is 32.1. The lowest BCUT2D eigenvalue weighted by molar-refractivity contribution is 0.665. The van der Waals surface area contributed by atoms with Gasteiger partial charge in [-0.3, -0.25) is 0 Å². The molecule has 114 valence electrons. The molecule has 6 rings (SSSR count). The Hall–Kier alpha value is -2.65. The molecule has 5 aromatic rings. The van der Waals surface area contributed by atoms with Crippen molar-refractivity contribution in [1.82, 2.24) is 4.98 Å². The van der Waals surface area contributed by atoms with Gasteiger partial charge in [0.1, 0.15) is 11.2 Å². The third-order valence-electron chi connectivity index (χ3n) is 5.02. The Balaban J connectivity index is 1.93. The maximum Gasteiger partial charge on any atom is 0.141 e. The number of thiazole rings is 1. The van der Waals surface area contributed by atoms with Gasteiger partial charge in [0.25, 0.3) is 0 Å². The van der Waals surface area contributed by atoms with Crippen LogP contribution in [0.25, 0.3) is 43.3 Å². The van der Waals surface area contributed by atoms with Crippen LogP contribution in [0.5, 0.6) is 0 Å². The van der Waals surface area contributed by atoms with E-state index in [0.717, 1.165) is 28.1 Å². The van der Waals surface area contributed by atoms with E-state index in [1.54, 1.807) is 11.3 Å². The monoisotopic (exact) mass is 327 g/mol. The molecular weight excluding hydrogens is 314 g/mol. The van der Waals surface area contributed by atoms with Crippen LogP contribution in [0, 0.1) is 6.92 Å². The van der Waals surface area contributed by atoms with Crippen LogP contribution in [0.3, 0.4) is 0 Å². The van der Waals surface area contributed by atoms with E-state index in [1.165, 1.54) is 37.7 Å². The number of aromatic nitrogens is 1. The summed E-state index contributed by atoms with van der Waals surface area (Å²) in [6.45, 7) is 2.09. The molecule has 0 radical (unpaired) electrons. The Bertz CT molecular complexity index is 1290. The first-order chi connectivity index (χ1) is 11.8. The maximum atomic E-state index is 6.32. The second-order valence-electron chi connectivity index (χ2n) is 6.40. The van der Waals surface area contributed by atoms with Crippen LogP contribution in [0.1, 0.15) is 16.1 Å². The van der Waals surface area contributed by atoms with E-state index in [0.29, 0.717) is 0 Å². The van der Waals surface area contributed by atoms with Gasteiger partial charge in [0, 0.05) is 28.3 Å². The molecule has 1 aliphatic rings. The summed E-state index contributed by atoms with van der Waals surface area (Å²) < 4.78 is 7.58. The van der Waals surface area contributed by atoms with Crippen LogP contribution in [0.4, 0.5) is 0 Å². The fourth-order valence-corrected chi connectivity index (χ4v) is 5.05. The van der Waals surface area contributed by atoms with Crippen molar-refractivity contribution in [2.45, 2.75) is 13.3 Å². The van der Waals surface area contributed by atoms with Gasteiger partial charge in [-0.2, -0.15) is 0 Å². The maximum absolute atomic E-state index is 6.32. The topological polar surface area (TPSA) is 26.0 Å². The molecule has 2 heterocycles. The summed E-state index contributed by atoms with van der Waals surface area (Å²) in [5.74, 6) is 0. The quantitative estimate of drug-likeness (QED) is 0.338. The smallest absolute Gasteiger partial charge is 0.141 e. The number of aryl methyl sites for hydroxylation is 1. The molecule has 0 N–H and O–H groups in total. The van der Waals surface area contributed by atoms with Crippen molar-refractivity contribution >= 4 is 43.5 Å². The lowest BCUT2D eigenvalue weighted by Gasteiger charge is -2.03. The fourth-order valence-electron chi connectivity index (χ4n) is 4.07. The van der Waals surface area contributed by atoms with Crippen LogP contribution in [0.15, 0.2) is 52.9 Å². The van der Waals surface area contributed by atoms with Gasteiger partial charge >= 0.3 is 0 Å². The molecule has 3 aromatic carbocycles. The summed E-state index contributed by atoms with van der Waals surface area (Å²) in [7, 11) is 0. The zero-order valence-corrected chi connectivity index (χ0v) is 13.9. The second kappa shape index (κ2) is 4.25. The molecule has 0 saturated heterocycles. The van der Waals surface area contributed by atoms with Gasteiger partial charge in [0.15, 0.2) is 0 Å². The van der Waals surface area contributed by atoms with Gasteiger partial charge in [0.05, 0.1) is 15.2 Å². The van der Waals surface area contributed by atoms with Gasteiger partial charge in [-0.15, -0.1) is 11.3 Å². The lowest BCUT2D eigenvalue weighted by Crippen LogP contribution is -1.84. The first-order valence-electron chi connectivity index (χ1n) is 8.13. The summed E-state index contributed by atoms with van der Waals surface area (Å²) in [6, 6.07) is 17.0. The fraction of sp³-hybridized carbons (Fsp3) is 0.0952. The predicted octanol–water partition coefficient (Wildman–Crippen LogP) is 6.08. The van der Waals surface area contributed by atoms with E-state index in [2.05, 4.69) is 49.4 Å². The van der Waals surface area contributed by atoms with E-state index in [-0.39, 0.29) is 0 Å². The van der Waals surface area contributed by atoms with Crippen LogP contribution in [-0.4, -0.2) is 4.98 Å². The van der Waals surface area contributed by atoms with Gasteiger partial charge in [-0.25, -0.2) is 4.98 Å². The molecule has 0 bridgehead atoms. The summed E-state index contributed by atoms with van der Waals surface area (Å²) in [4.78, 5) is 4.90. The number of para-hydroxylation sites is 1. The Morgan fingerprint density at radius 1 is 1.04 bits per heavy atom. The molecule has 0 spiro atoms. The summed E-state index contributed by atoms with van der Waals surface area (Å²) >= 11 is 1.77. The van der Waals surface area contributed by atoms with Crippen LogP contribution in [-0.2, 0) is 6.42 Å². The van der Waals surface area contributed by atoms with Crippen LogP contribution >= 0.6 is 11.3 Å². The number of hydrogen-bond donors (Lipinski definition) is 0. The minimum atomic E-state index is 0.925. The average Bonchev–Trinajstić information content (AvgIpc) is 3.25. The second-order valence-corrected chi connectivity index (χ2v) is 7.60. The third kappa shape index (κ3) is 1.44. The first-order valence-corrected chi connectivity index (χ1v) is 8.94. The molecule has 0 saturated carbocycles. The number of rotatable bonds is 0. The molecule has 2 aromatic heterocycles. The van der Waals surface area contributed by atoms with E-state index in [9.17, 15) is 0 Å². The molecule has 0 fully saturated rings. The molecule has 3 heteroatoms. The Labute approximate surface area is 142 Å². The van der Waals surface area contributed by atoms with Crippen molar-refractivity contribution in [3.63, 3.8) is 0 Å². The summed E-state index contributed by atoms with van der Waals surface area (Å²) in [5.41, 5.74) is 8.38. The zero-order valence-electron chi connectivity index (χ0n) is 13.1. The van der Waals surface area contributed by atoms with Gasteiger partial charge in [-0.1, -0.05) is 42.5 Å². The van der Waals surface area contributed by atoms with Crippen LogP contribution < -0.4 is 0 Å². The normalized spacial score (nSPS) is 13.0. The van der Waals surface area contributed by atoms with Gasteiger partial charge < -0.3 is 4.42 Å². The highest BCUT2D eigenvalue weighted by Gasteiger charge is 2.28. The number of fused-ring (bicyclic) bond motifs is 10. The number of benzene rings is 3. The lowest BCUT2D eigenvalue weighted by atomic mass is 10.0. The Morgan fingerprint density at radius 2 is 1.88 bits per heavy atom. The Kier molecular flexibility index (Phi) is 2.25.